The zero-order chi connectivity index (χ0) is 14.8. The maximum absolute atomic E-state index is 12.9. The molecule has 20 heavy (non-hydrogen) atoms. The van der Waals surface area contributed by atoms with Crippen LogP contribution in [-0.2, 0) is 12.0 Å². The van der Waals surface area contributed by atoms with Gasteiger partial charge in [-0.05, 0) is 58.2 Å². The standard InChI is InChI=1S/C16H16BrFO2/c1-16(19,12-4-6-13(18)7-5-12)10-11-3-8-15(20-2)14(17)9-11/h3-9,19H,10H2,1-2H3. The van der Waals surface area contributed by atoms with E-state index >= 15 is 0 Å². The summed E-state index contributed by atoms with van der Waals surface area (Å²) >= 11 is 3.42. The van der Waals surface area contributed by atoms with Crippen LogP contribution >= 0.6 is 15.9 Å². The number of methoxy groups -OCH3 is 1. The maximum Gasteiger partial charge on any atom is 0.133 e. The topological polar surface area (TPSA) is 29.5 Å². The zero-order valence-electron chi connectivity index (χ0n) is 11.4. The van der Waals surface area contributed by atoms with Crippen LogP contribution in [0.5, 0.6) is 5.75 Å². The van der Waals surface area contributed by atoms with E-state index in [-0.39, 0.29) is 5.82 Å². The molecule has 1 unspecified atom stereocenters. The lowest BCUT2D eigenvalue weighted by atomic mass is 9.89. The molecule has 0 saturated heterocycles. The lowest BCUT2D eigenvalue weighted by Gasteiger charge is -2.24. The predicted octanol–water partition coefficient (Wildman–Crippen LogP) is 4.05. The molecule has 4 heteroatoms. The van der Waals surface area contributed by atoms with Crippen molar-refractivity contribution in [2.45, 2.75) is 18.9 Å². The van der Waals surface area contributed by atoms with Crippen LogP contribution < -0.4 is 4.74 Å². The molecular weight excluding hydrogens is 323 g/mol. The first kappa shape index (κ1) is 15.0. The molecule has 0 saturated carbocycles. The van der Waals surface area contributed by atoms with Gasteiger partial charge in [-0.3, -0.25) is 0 Å². The van der Waals surface area contributed by atoms with Crippen molar-refractivity contribution >= 4 is 15.9 Å². The van der Waals surface area contributed by atoms with Gasteiger partial charge in [0.25, 0.3) is 0 Å². The highest BCUT2D eigenvalue weighted by Gasteiger charge is 2.23. The average molecular weight is 339 g/mol. The van der Waals surface area contributed by atoms with Gasteiger partial charge in [-0.25, -0.2) is 4.39 Å². The smallest absolute Gasteiger partial charge is 0.133 e. The molecule has 2 nitrogen and oxygen atoms in total. The average Bonchev–Trinajstić information content (AvgIpc) is 2.39. The van der Waals surface area contributed by atoms with Gasteiger partial charge < -0.3 is 9.84 Å². The number of aliphatic hydroxyl groups is 1. The summed E-state index contributed by atoms with van der Waals surface area (Å²) in [6.45, 7) is 1.72. The fourth-order valence-electron chi connectivity index (χ4n) is 2.13. The molecule has 2 aromatic rings. The molecule has 0 spiro atoms. The van der Waals surface area contributed by atoms with Crippen molar-refractivity contribution in [3.8, 4) is 5.75 Å². The van der Waals surface area contributed by atoms with E-state index in [0.717, 1.165) is 15.8 Å². The largest absolute Gasteiger partial charge is 0.496 e. The van der Waals surface area contributed by atoms with Crippen molar-refractivity contribution in [1.29, 1.82) is 0 Å². The van der Waals surface area contributed by atoms with E-state index in [1.807, 2.05) is 18.2 Å². The summed E-state index contributed by atoms with van der Waals surface area (Å²) in [5.41, 5.74) is 0.597. The van der Waals surface area contributed by atoms with E-state index < -0.39 is 5.60 Å². The molecule has 1 N–H and O–H groups in total. The van der Waals surface area contributed by atoms with Crippen LogP contribution in [0.4, 0.5) is 4.39 Å². The van der Waals surface area contributed by atoms with Gasteiger partial charge in [-0.1, -0.05) is 18.2 Å². The SMILES string of the molecule is COc1ccc(CC(C)(O)c2ccc(F)cc2)cc1Br. The molecule has 2 rings (SSSR count). The quantitative estimate of drug-likeness (QED) is 0.911. The lowest BCUT2D eigenvalue weighted by molar-refractivity contribution is 0.0575. The van der Waals surface area contributed by atoms with E-state index in [0.29, 0.717) is 12.0 Å². The number of ether oxygens (including phenoxy) is 1. The fourth-order valence-corrected chi connectivity index (χ4v) is 2.72. The second-order valence-corrected chi connectivity index (χ2v) is 5.78. The highest BCUT2D eigenvalue weighted by Crippen LogP contribution is 2.30. The van der Waals surface area contributed by atoms with Crippen LogP contribution in [0.2, 0.25) is 0 Å². The summed E-state index contributed by atoms with van der Waals surface area (Å²) in [6.07, 6.45) is 0.432. The molecule has 0 aliphatic carbocycles. The van der Waals surface area contributed by atoms with Crippen molar-refractivity contribution in [3.05, 3.63) is 63.9 Å². The van der Waals surface area contributed by atoms with E-state index in [4.69, 9.17) is 4.74 Å². The minimum absolute atomic E-state index is 0.309. The third-order valence-corrected chi connectivity index (χ3v) is 3.85. The Labute approximate surface area is 126 Å². The Kier molecular flexibility index (Phi) is 4.45. The van der Waals surface area contributed by atoms with Gasteiger partial charge >= 0.3 is 0 Å². The third-order valence-electron chi connectivity index (χ3n) is 3.23. The van der Waals surface area contributed by atoms with Gasteiger partial charge in [0.1, 0.15) is 11.6 Å². The minimum atomic E-state index is -1.05. The highest BCUT2D eigenvalue weighted by atomic mass is 79.9. The number of rotatable bonds is 4. The Morgan fingerprint density at radius 2 is 1.85 bits per heavy atom. The molecule has 1 atom stereocenters. The summed E-state index contributed by atoms with van der Waals surface area (Å²) in [7, 11) is 1.61. The van der Waals surface area contributed by atoms with Gasteiger partial charge in [0.15, 0.2) is 0 Å². The van der Waals surface area contributed by atoms with E-state index in [9.17, 15) is 9.50 Å². The molecule has 0 fully saturated rings. The van der Waals surface area contributed by atoms with E-state index in [1.54, 1.807) is 26.2 Å². The van der Waals surface area contributed by atoms with Crippen LogP contribution in [0.25, 0.3) is 0 Å². The number of halogens is 2. The number of hydrogen-bond acceptors (Lipinski definition) is 2. The van der Waals surface area contributed by atoms with E-state index in [1.165, 1.54) is 12.1 Å². The third kappa shape index (κ3) is 3.38. The minimum Gasteiger partial charge on any atom is -0.496 e. The Morgan fingerprint density at radius 1 is 1.20 bits per heavy atom. The lowest BCUT2D eigenvalue weighted by Crippen LogP contribution is -2.24. The first-order chi connectivity index (χ1) is 9.42. The molecule has 0 amide bonds. The Bertz CT molecular complexity index is 594. The molecule has 0 aliphatic rings. The molecule has 0 bridgehead atoms. The van der Waals surface area contributed by atoms with Crippen LogP contribution in [0, 0.1) is 5.82 Å². The summed E-state index contributed by atoms with van der Waals surface area (Å²) < 4.78 is 19.0. The monoisotopic (exact) mass is 338 g/mol. The second-order valence-electron chi connectivity index (χ2n) is 4.93. The Morgan fingerprint density at radius 3 is 2.40 bits per heavy atom. The number of hydrogen-bond donors (Lipinski definition) is 1. The first-order valence-electron chi connectivity index (χ1n) is 6.23. The first-order valence-corrected chi connectivity index (χ1v) is 7.02. The van der Waals surface area contributed by atoms with Crippen molar-refractivity contribution < 1.29 is 14.2 Å². The molecular formula is C16H16BrFO2. The van der Waals surface area contributed by atoms with Gasteiger partial charge in [-0.15, -0.1) is 0 Å². The van der Waals surface area contributed by atoms with Crippen LogP contribution in [0.3, 0.4) is 0 Å². The molecule has 0 heterocycles. The predicted molar refractivity (Wildman–Crippen MR) is 80.4 cm³/mol. The van der Waals surface area contributed by atoms with Crippen LogP contribution in [0.15, 0.2) is 46.9 Å². The molecule has 106 valence electrons. The van der Waals surface area contributed by atoms with E-state index in [2.05, 4.69) is 15.9 Å². The van der Waals surface area contributed by atoms with Gasteiger partial charge in [0.2, 0.25) is 0 Å². The Hall–Kier alpha value is -1.39. The normalized spacial score (nSPS) is 13.8. The summed E-state index contributed by atoms with van der Waals surface area (Å²) in [6, 6.07) is 11.6. The van der Waals surface area contributed by atoms with Crippen molar-refractivity contribution in [2.75, 3.05) is 7.11 Å². The van der Waals surface area contributed by atoms with Gasteiger partial charge in [-0.2, -0.15) is 0 Å². The molecule has 0 radical (unpaired) electrons. The van der Waals surface area contributed by atoms with Gasteiger partial charge in [0.05, 0.1) is 17.2 Å². The molecule has 0 aliphatic heterocycles. The van der Waals surface area contributed by atoms with Crippen molar-refractivity contribution in [2.24, 2.45) is 0 Å². The zero-order valence-corrected chi connectivity index (χ0v) is 12.9. The summed E-state index contributed by atoms with van der Waals surface area (Å²) in [5, 5.41) is 10.6. The fraction of sp³-hybridized carbons (Fsp3) is 0.250. The summed E-state index contributed by atoms with van der Waals surface area (Å²) in [5.74, 6) is 0.437. The van der Waals surface area contributed by atoms with Crippen LogP contribution in [-0.4, -0.2) is 12.2 Å². The van der Waals surface area contributed by atoms with Crippen molar-refractivity contribution in [3.63, 3.8) is 0 Å². The summed E-state index contributed by atoms with van der Waals surface area (Å²) in [4.78, 5) is 0. The maximum atomic E-state index is 12.9. The van der Waals surface area contributed by atoms with Gasteiger partial charge in [0, 0.05) is 6.42 Å². The molecule has 0 aromatic heterocycles. The number of benzene rings is 2. The Balaban J connectivity index is 2.23. The van der Waals surface area contributed by atoms with Crippen molar-refractivity contribution in [1.82, 2.24) is 0 Å². The highest BCUT2D eigenvalue weighted by molar-refractivity contribution is 9.10. The second kappa shape index (κ2) is 5.94. The molecule has 2 aromatic carbocycles. The van der Waals surface area contributed by atoms with Crippen LogP contribution in [0.1, 0.15) is 18.1 Å².